The van der Waals surface area contributed by atoms with Gasteiger partial charge in [0.25, 0.3) is 0 Å². The molecule has 0 spiro atoms. The molecule has 0 bridgehead atoms. The van der Waals surface area contributed by atoms with Gasteiger partial charge >= 0.3 is 0 Å². The first-order chi connectivity index (χ1) is 3.31. The van der Waals surface area contributed by atoms with E-state index < -0.39 is 0 Å². The van der Waals surface area contributed by atoms with Crippen molar-refractivity contribution < 1.29 is 0 Å². The van der Waals surface area contributed by atoms with E-state index in [1.54, 1.807) is 13.0 Å². The molecule has 0 fully saturated rings. The third-order valence-electron chi connectivity index (χ3n) is 0.414. The fourth-order valence-corrected chi connectivity index (χ4v) is 0.185. The van der Waals surface area contributed by atoms with E-state index in [2.05, 4.69) is 11.6 Å². The SMILES string of the molecule is C=C(C#N)N=CC. The zero-order valence-corrected chi connectivity index (χ0v) is 4.18. The molecule has 2 heteroatoms. The standard InChI is InChI=1S/C5H6N2/c1-3-7-5(2)4-6/h3H,2H2,1H3. The first kappa shape index (κ1) is 5.90. The van der Waals surface area contributed by atoms with Crippen molar-refractivity contribution in [3.8, 4) is 6.07 Å². The van der Waals surface area contributed by atoms with E-state index in [-0.39, 0.29) is 5.70 Å². The van der Waals surface area contributed by atoms with Crippen molar-refractivity contribution in [1.82, 2.24) is 0 Å². The van der Waals surface area contributed by atoms with E-state index in [1.807, 2.05) is 0 Å². The Kier molecular flexibility index (Phi) is 2.62. The van der Waals surface area contributed by atoms with E-state index in [9.17, 15) is 0 Å². The minimum absolute atomic E-state index is 0.252. The molecule has 2 nitrogen and oxygen atoms in total. The zero-order chi connectivity index (χ0) is 5.70. The lowest BCUT2D eigenvalue weighted by molar-refractivity contribution is 1.40. The van der Waals surface area contributed by atoms with Crippen LogP contribution >= 0.6 is 0 Å². The molecule has 7 heavy (non-hydrogen) atoms. The molecule has 0 unspecified atom stereocenters. The van der Waals surface area contributed by atoms with E-state index in [0.29, 0.717) is 0 Å². The molecule has 0 aromatic carbocycles. The Hall–Kier alpha value is -1.10. The lowest BCUT2D eigenvalue weighted by Gasteiger charge is -1.73. The van der Waals surface area contributed by atoms with E-state index >= 15 is 0 Å². The summed E-state index contributed by atoms with van der Waals surface area (Å²) in [6, 6.07) is 1.77. The Balaban J connectivity index is 3.66. The highest BCUT2D eigenvalue weighted by molar-refractivity contribution is 5.56. The smallest absolute Gasteiger partial charge is 0.132 e. The topological polar surface area (TPSA) is 36.1 Å². The Morgan fingerprint density at radius 1 is 2.00 bits per heavy atom. The highest BCUT2D eigenvalue weighted by atomic mass is 14.7. The molecule has 0 rings (SSSR count). The monoisotopic (exact) mass is 94.1 g/mol. The molecule has 0 aliphatic rings. The van der Waals surface area contributed by atoms with Crippen molar-refractivity contribution in [2.45, 2.75) is 6.92 Å². The largest absolute Gasteiger partial charge is 0.251 e. The van der Waals surface area contributed by atoms with Gasteiger partial charge in [0.1, 0.15) is 11.8 Å². The molecular weight excluding hydrogens is 88.1 g/mol. The minimum atomic E-state index is 0.252. The van der Waals surface area contributed by atoms with Crippen LogP contribution < -0.4 is 0 Å². The van der Waals surface area contributed by atoms with Crippen molar-refractivity contribution in [3.63, 3.8) is 0 Å². The third kappa shape index (κ3) is 2.71. The van der Waals surface area contributed by atoms with Crippen LogP contribution in [0.4, 0.5) is 0 Å². The van der Waals surface area contributed by atoms with E-state index in [4.69, 9.17) is 5.26 Å². The van der Waals surface area contributed by atoms with E-state index in [1.165, 1.54) is 6.21 Å². The third-order valence-corrected chi connectivity index (χ3v) is 0.414. The average molecular weight is 94.1 g/mol. The van der Waals surface area contributed by atoms with Crippen LogP contribution in [0.2, 0.25) is 0 Å². The van der Waals surface area contributed by atoms with Crippen LogP contribution in [0.15, 0.2) is 17.3 Å². The number of aliphatic imine (C=N–C) groups is 1. The predicted molar refractivity (Wildman–Crippen MR) is 28.9 cm³/mol. The summed E-state index contributed by atoms with van der Waals surface area (Å²) < 4.78 is 0. The van der Waals surface area contributed by atoms with Gasteiger partial charge in [0.15, 0.2) is 0 Å². The van der Waals surface area contributed by atoms with Gasteiger partial charge in [-0.15, -0.1) is 0 Å². The molecule has 0 aromatic rings. The number of hydrogen-bond donors (Lipinski definition) is 0. The molecule has 0 saturated heterocycles. The summed E-state index contributed by atoms with van der Waals surface area (Å²) in [6.07, 6.45) is 1.53. The Labute approximate surface area is 42.8 Å². The van der Waals surface area contributed by atoms with Crippen LogP contribution in [-0.4, -0.2) is 6.21 Å². The first-order valence-electron chi connectivity index (χ1n) is 1.89. The summed E-state index contributed by atoms with van der Waals surface area (Å²) in [5.41, 5.74) is 0.252. The second kappa shape index (κ2) is 3.10. The second-order valence-corrected chi connectivity index (χ2v) is 0.946. The van der Waals surface area contributed by atoms with Gasteiger partial charge in [-0.1, -0.05) is 6.58 Å². The molecule has 0 heterocycles. The van der Waals surface area contributed by atoms with Crippen LogP contribution in [0, 0.1) is 11.3 Å². The van der Waals surface area contributed by atoms with Gasteiger partial charge in [0, 0.05) is 6.21 Å². The van der Waals surface area contributed by atoms with Gasteiger partial charge in [-0.2, -0.15) is 5.26 Å². The molecule has 0 amide bonds. The zero-order valence-electron chi connectivity index (χ0n) is 4.18. The summed E-state index contributed by atoms with van der Waals surface area (Å²) in [5, 5.41) is 8.00. The predicted octanol–water partition coefficient (Wildman–Crippen LogP) is 1.11. The van der Waals surface area contributed by atoms with Crippen molar-refractivity contribution in [3.05, 3.63) is 12.3 Å². The van der Waals surface area contributed by atoms with Crippen LogP contribution in [-0.2, 0) is 0 Å². The van der Waals surface area contributed by atoms with Crippen LogP contribution in [0.5, 0.6) is 0 Å². The summed E-state index contributed by atoms with van der Waals surface area (Å²) in [5.74, 6) is 0. The lowest BCUT2D eigenvalue weighted by Crippen LogP contribution is -1.64. The number of nitriles is 1. The van der Waals surface area contributed by atoms with Crippen molar-refractivity contribution >= 4 is 6.21 Å². The van der Waals surface area contributed by atoms with Gasteiger partial charge in [-0.05, 0) is 6.92 Å². The molecule has 0 N–H and O–H groups in total. The molecule has 0 radical (unpaired) electrons. The van der Waals surface area contributed by atoms with Crippen molar-refractivity contribution in [1.29, 1.82) is 5.26 Å². The molecule has 0 saturated carbocycles. The maximum Gasteiger partial charge on any atom is 0.132 e. The molecular formula is C5H6N2. The summed E-state index contributed by atoms with van der Waals surface area (Å²) in [4.78, 5) is 3.56. The van der Waals surface area contributed by atoms with Crippen LogP contribution in [0.25, 0.3) is 0 Å². The minimum Gasteiger partial charge on any atom is -0.251 e. The van der Waals surface area contributed by atoms with Gasteiger partial charge in [-0.25, -0.2) is 0 Å². The Morgan fingerprint density at radius 3 is 2.71 bits per heavy atom. The average Bonchev–Trinajstić information content (AvgIpc) is 1.68. The summed E-state index contributed by atoms with van der Waals surface area (Å²) in [6.45, 7) is 5.04. The van der Waals surface area contributed by atoms with Crippen molar-refractivity contribution in [2.75, 3.05) is 0 Å². The quantitative estimate of drug-likeness (QED) is 0.354. The van der Waals surface area contributed by atoms with Crippen molar-refractivity contribution in [2.24, 2.45) is 4.99 Å². The normalized spacial score (nSPS) is 8.57. The fraction of sp³-hybridized carbons (Fsp3) is 0.200. The number of rotatable bonds is 1. The molecule has 0 aromatic heterocycles. The fourth-order valence-electron chi connectivity index (χ4n) is 0.185. The Bertz CT molecular complexity index is 128. The van der Waals surface area contributed by atoms with E-state index in [0.717, 1.165) is 0 Å². The Morgan fingerprint density at radius 2 is 2.57 bits per heavy atom. The summed E-state index contributed by atoms with van der Waals surface area (Å²) in [7, 11) is 0. The number of allylic oxidation sites excluding steroid dienone is 1. The molecule has 0 atom stereocenters. The lowest BCUT2D eigenvalue weighted by atomic mass is 10.6. The highest BCUT2D eigenvalue weighted by Crippen LogP contribution is 1.83. The van der Waals surface area contributed by atoms with Crippen LogP contribution in [0.3, 0.4) is 0 Å². The second-order valence-electron chi connectivity index (χ2n) is 0.946. The van der Waals surface area contributed by atoms with Gasteiger partial charge in [0.2, 0.25) is 0 Å². The van der Waals surface area contributed by atoms with Gasteiger partial charge < -0.3 is 0 Å². The molecule has 36 valence electrons. The number of nitrogens with zero attached hydrogens (tertiary/aromatic N) is 2. The number of hydrogen-bond acceptors (Lipinski definition) is 2. The maximum absolute atomic E-state index is 8.00. The van der Waals surface area contributed by atoms with Gasteiger partial charge in [0.05, 0.1) is 0 Å². The molecule has 0 aliphatic carbocycles. The highest BCUT2D eigenvalue weighted by Gasteiger charge is 1.74. The van der Waals surface area contributed by atoms with Gasteiger partial charge in [-0.3, -0.25) is 4.99 Å². The summed E-state index contributed by atoms with van der Waals surface area (Å²) >= 11 is 0. The van der Waals surface area contributed by atoms with Crippen LogP contribution in [0.1, 0.15) is 6.92 Å². The maximum atomic E-state index is 8.00. The molecule has 0 aliphatic heterocycles. The first-order valence-corrected chi connectivity index (χ1v) is 1.89.